The van der Waals surface area contributed by atoms with Crippen LogP contribution in [-0.4, -0.2) is 25.1 Å². The summed E-state index contributed by atoms with van der Waals surface area (Å²) < 4.78 is 13.9. The van der Waals surface area contributed by atoms with Crippen molar-refractivity contribution in [1.29, 1.82) is 0 Å². The minimum atomic E-state index is -0.295. The van der Waals surface area contributed by atoms with Gasteiger partial charge in [-0.25, -0.2) is 4.39 Å². The van der Waals surface area contributed by atoms with Crippen molar-refractivity contribution in [3.8, 4) is 0 Å². The smallest absolute Gasteiger partial charge is 0.130 e. The number of thioether (sulfide) groups is 1. The number of hydrogen-bond acceptors (Lipinski definition) is 3. The highest BCUT2D eigenvalue weighted by atomic mass is 32.2. The number of halogens is 1. The summed E-state index contributed by atoms with van der Waals surface area (Å²) in [6.07, 6.45) is 3.18. The molecule has 0 aliphatic rings. The maximum absolute atomic E-state index is 13.9. The largest absolute Gasteiger partial charge is 0.372 e. The van der Waals surface area contributed by atoms with Crippen LogP contribution < -0.4 is 10.6 Å². The molecule has 1 aromatic rings. The van der Waals surface area contributed by atoms with Gasteiger partial charge in [0, 0.05) is 30.4 Å². The molecular weight excluding hydrogens is 247 g/mol. The summed E-state index contributed by atoms with van der Waals surface area (Å²) in [5, 5.41) is 0. The van der Waals surface area contributed by atoms with Gasteiger partial charge in [0.2, 0.25) is 0 Å². The predicted octanol–water partition coefficient (Wildman–Crippen LogP) is 3.42. The molecule has 2 atom stereocenters. The zero-order valence-corrected chi connectivity index (χ0v) is 12.4. The molecule has 0 fully saturated rings. The van der Waals surface area contributed by atoms with Crippen molar-refractivity contribution in [2.45, 2.75) is 32.4 Å². The molecule has 1 rings (SSSR count). The van der Waals surface area contributed by atoms with Gasteiger partial charge in [0.25, 0.3) is 0 Å². The van der Waals surface area contributed by atoms with Gasteiger partial charge < -0.3 is 10.6 Å². The van der Waals surface area contributed by atoms with E-state index in [0.717, 1.165) is 17.9 Å². The van der Waals surface area contributed by atoms with Crippen molar-refractivity contribution < 1.29 is 4.39 Å². The number of rotatable bonds is 6. The van der Waals surface area contributed by atoms with Crippen LogP contribution in [0.1, 0.15) is 31.9 Å². The van der Waals surface area contributed by atoms with E-state index < -0.39 is 0 Å². The average molecular weight is 270 g/mol. The summed E-state index contributed by atoms with van der Waals surface area (Å²) in [5.41, 5.74) is 7.39. The Morgan fingerprint density at radius 2 is 2.06 bits per heavy atom. The summed E-state index contributed by atoms with van der Waals surface area (Å²) in [6.45, 7) is 3.98. The second kappa shape index (κ2) is 7.00. The van der Waals surface area contributed by atoms with Gasteiger partial charge in [0.1, 0.15) is 5.82 Å². The predicted molar refractivity (Wildman–Crippen MR) is 79.9 cm³/mol. The van der Waals surface area contributed by atoms with Crippen LogP contribution in [0.3, 0.4) is 0 Å². The fraction of sp³-hybridized carbons (Fsp3) is 0.571. The molecule has 0 bridgehead atoms. The van der Waals surface area contributed by atoms with Crippen LogP contribution in [-0.2, 0) is 0 Å². The number of benzene rings is 1. The zero-order chi connectivity index (χ0) is 13.7. The van der Waals surface area contributed by atoms with Gasteiger partial charge in [-0.2, -0.15) is 11.8 Å². The molecule has 0 amide bonds. The highest BCUT2D eigenvalue weighted by molar-refractivity contribution is 7.98. The summed E-state index contributed by atoms with van der Waals surface area (Å²) in [7, 11) is 2.01. The second-order valence-electron chi connectivity index (χ2n) is 4.70. The first-order valence-electron chi connectivity index (χ1n) is 6.24. The molecule has 102 valence electrons. The van der Waals surface area contributed by atoms with Crippen molar-refractivity contribution in [2.24, 2.45) is 5.73 Å². The standard InChI is InChI=1S/C14H23FN2S/c1-10(8-9-18-4)17(3)13-7-5-6-12(15)14(13)11(2)16/h5-7,10-11H,8-9,16H2,1-4H3/t10?,11-/m1/s1. The molecule has 0 heterocycles. The zero-order valence-electron chi connectivity index (χ0n) is 11.6. The van der Waals surface area contributed by atoms with Crippen molar-refractivity contribution in [2.75, 3.05) is 24.0 Å². The van der Waals surface area contributed by atoms with E-state index in [2.05, 4.69) is 18.1 Å². The van der Waals surface area contributed by atoms with Crippen LogP contribution in [0.25, 0.3) is 0 Å². The summed E-state index contributed by atoms with van der Waals surface area (Å²) in [5.74, 6) is 0.889. The van der Waals surface area contributed by atoms with Crippen molar-refractivity contribution in [3.63, 3.8) is 0 Å². The van der Waals surface area contributed by atoms with E-state index in [1.807, 2.05) is 31.8 Å². The number of anilines is 1. The Labute approximate surface area is 114 Å². The van der Waals surface area contributed by atoms with Crippen molar-refractivity contribution in [1.82, 2.24) is 0 Å². The average Bonchev–Trinajstić information content (AvgIpc) is 2.34. The van der Waals surface area contributed by atoms with Gasteiger partial charge in [-0.05, 0) is 44.4 Å². The number of hydrogen-bond donors (Lipinski definition) is 1. The topological polar surface area (TPSA) is 29.3 Å². The lowest BCUT2D eigenvalue weighted by atomic mass is 10.0. The molecule has 18 heavy (non-hydrogen) atoms. The number of nitrogens with two attached hydrogens (primary N) is 1. The molecule has 0 saturated carbocycles. The first-order valence-corrected chi connectivity index (χ1v) is 7.64. The van der Waals surface area contributed by atoms with Crippen LogP contribution in [0, 0.1) is 5.82 Å². The Hall–Kier alpha value is -0.740. The maximum Gasteiger partial charge on any atom is 0.130 e. The molecule has 0 aliphatic carbocycles. The fourth-order valence-electron chi connectivity index (χ4n) is 2.00. The highest BCUT2D eigenvalue weighted by Gasteiger charge is 2.18. The van der Waals surface area contributed by atoms with Gasteiger partial charge in [0.15, 0.2) is 0 Å². The third-order valence-electron chi connectivity index (χ3n) is 3.27. The number of nitrogens with zero attached hydrogens (tertiary/aromatic N) is 1. The molecule has 1 unspecified atom stereocenters. The fourth-order valence-corrected chi connectivity index (χ4v) is 2.58. The molecule has 0 saturated heterocycles. The van der Waals surface area contributed by atoms with Crippen LogP contribution in [0.15, 0.2) is 18.2 Å². The first kappa shape index (κ1) is 15.3. The summed E-state index contributed by atoms with van der Waals surface area (Å²) >= 11 is 1.83. The molecule has 2 N–H and O–H groups in total. The van der Waals surface area contributed by atoms with Gasteiger partial charge in [-0.15, -0.1) is 0 Å². The quantitative estimate of drug-likeness (QED) is 0.859. The Kier molecular flexibility index (Phi) is 5.96. The third-order valence-corrected chi connectivity index (χ3v) is 3.91. The molecule has 4 heteroatoms. The molecular formula is C14H23FN2S. The Bertz CT molecular complexity index is 382. The molecule has 0 spiro atoms. The van der Waals surface area contributed by atoms with Gasteiger partial charge >= 0.3 is 0 Å². The SMILES string of the molecule is CSCCC(C)N(C)c1cccc(F)c1[C@@H](C)N. The van der Waals surface area contributed by atoms with E-state index >= 15 is 0 Å². The third kappa shape index (κ3) is 3.62. The van der Waals surface area contributed by atoms with Crippen LogP contribution >= 0.6 is 11.8 Å². The van der Waals surface area contributed by atoms with Gasteiger partial charge in [0.05, 0.1) is 0 Å². The minimum absolute atomic E-state index is 0.216. The van der Waals surface area contributed by atoms with Crippen LogP contribution in [0.2, 0.25) is 0 Å². The van der Waals surface area contributed by atoms with Crippen LogP contribution in [0.5, 0.6) is 0 Å². The first-order chi connectivity index (χ1) is 8.49. The van der Waals surface area contributed by atoms with E-state index in [0.29, 0.717) is 11.6 Å². The molecule has 0 aromatic heterocycles. The summed E-state index contributed by atoms with van der Waals surface area (Å²) in [6, 6.07) is 5.24. The molecule has 0 aliphatic heterocycles. The summed E-state index contributed by atoms with van der Waals surface area (Å²) in [4.78, 5) is 2.12. The lowest BCUT2D eigenvalue weighted by molar-refractivity contribution is 0.587. The molecule has 1 aromatic carbocycles. The Balaban J connectivity index is 2.97. The van der Waals surface area contributed by atoms with E-state index in [-0.39, 0.29) is 11.9 Å². The van der Waals surface area contributed by atoms with E-state index in [1.165, 1.54) is 6.07 Å². The Morgan fingerprint density at radius 3 is 2.61 bits per heavy atom. The monoisotopic (exact) mass is 270 g/mol. The molecule has 2 nitrogen and oxygen atoms in total. The lowest BCUT2D eigenvalue weighted by Gasteiger charge is -2.30. The molecule has 0 radical (unpaired) electrons. The van der Waals surface area contributed by atoms with E-state index in [9.17, 15) is 4.39 Å². The van der Waals surface area contributed by atoms with E-state index in [1.54, 1.807) is 6.07 Å². The Morgan fingerprint density at radius 1 is 1.39 bits per heavy atom. The van der Waals surface area contributed by atoms with Crippen molar-refractivity contribution in [3.05, 3.63) is 29.6 Å². The second-order valence-corrected chi connectivity index (χ2v) is 5.69. The highest BCUT2D eigenvalue weighted by Crippen LogP contribution is 2.28. The van der Waals surface area contributed by atoms with E-state index in [4.69, 9.17) is 5.73 Å². The lowest BCUT2D eigenvalue weighted by Crippen LogP contribution is -2.31. The normalized spacial score (nSPS) is 14.3. The van der Waals surface area contributed by atoms with Crippen LogP contribution in [0.4, 0.5) is 10.1 Å². The maximum atomic E-state index is 13.9. The van der Waals surface area contributed by atoms with Gasteiger partial charge in [-0.1, -0.05) is 6.07 Å². The van der Waals surface area contributed by atoms with Crippen molar-refractivity contribution >= 4 is 17.4 Å². The van der Waals surface area contributed by atoms with Gasteiger partial charge in [-0.3, -0.25) is 0 Å². The minimum Gasteiger partial charge on any atom is -0.372 e.